The van der Waals surface area contributed by atoms with Crippen molar-refractivity contribution in [2.75, 3.05) is 21.3 Å². The van der Waals surface area contributed by atoms with E-state index in [1.807, 2.05) is 31.2 Å². The molecule has 0 radical (unpaired) electrons. The summed E-state index contributed by atoms with van der Waals surface area (Å²) in [6.45, 7) is 1.97. The molecule has 5 heteroatoms. The Morgan fingerprint density at radius 1 is 0.885 bits per heavy atom. The maximum atomic E-state index is 12.2. The predicted molar refractivity (Wildman–Crippen MR) is 99.3 cm³/mol. The van der Waals surface area contributed by atoms with E-state index in [0.29, 0.717) is 22.8 Å². The third-order valence-electron chi connectivity index (χ3n) is 4.15. The molecule has 1 aliphatic rings. The molecule has 2 aromatic carbocycles. The Labute approximate surface area is 152 Å². The summed E-state index contributed by atoms with van der Waals surface area (Å²) >= 11 is 0. The van der Waals surface area contributed by atoms with Gasteiger partial charge in [-0.3, -0.25) is 0 Å². The molecule has 1 aliphatic heterocycles. The molecule has 1 heterocycles. The second kappa shape index (κ2) is 7.35. The number of hydrogen-bond acceptors (Lipinski definition) is 5. The van der Waals surface area contributed by atoms with Crippen molar-refractivity contribution in [3.05, 3.63) is 64.7 Å². The van der Waals surface area contributed by atoms with Gasteiger partial charge in [0.2, 0.25) is 0 Å². The second-order valence-electron chi connectivity index (χ2n) is 5.80. The first-order chi connectivity index (χ1) is 12.5. The summed E-state index contributed by atoms with van der Waals surface area (Å²) < 4.78 is 21.3. The number of rotatable bonds is 5. The molecule has 0 atom stereocenters. The molecule has 0 amide bonds. The third-order valence-corrected chi connectivity index (χ3v) is 4.15. The smallest absolute Gasteiger partial charge is 0.343 e. The Morgan fingerprint density at radius 3 is 2.31 bits per heavy atom. The molecule has 3 rings (SSSR count). The third kappa shape index (κ3) is 3.42. The van der Waals surface area contributed by atoms with Crippen LogP contribution in [-0.4, -0.2) is 27.3 Å². The molecule has 0 saturated carbocycles. The largest absolute Gasteiger partial charge is 0.496 e. The van der Waals surface area contributed by atoms with E-state index in [0.717, 1.165) is 22.4 Å². The van der Waals surface area contributed by atoms with Crippen LogP contribution in [0.4, 0.5) is 0 Å². The lowest BCUT2D eigenvalue weighted by Crippen LogP contribution is -1.98. The van der Waals surface area contributed by atoms with E-state index in [2.05, 4.69) is 0 Å². The minimum atomic E-state index is -0.394. The van der Waals surface area contributed by atoms with Gasteiger partial charge in [0, 0.05) is 5.56 Å². The highest BCUT2D eigenvalue weighted by molar-refractivity contribution is 6.05. The topological polar surface area (TPSA) is 54.0 Å². The summed E-state index contributed by atoms with van der Waals surface area (Å²) in [4.78, 5) is 12.2. The molecule has 0 spiro atoms. The number of methoxy groups -OCH3 is 3. The molecule has 0 aromatic heterocycles. The zero-order valence-corrected chi connectivity index (χ0v) is 15.2. The Morgan fingerprint density at radius 2 is 1.62 bits per heavy atom. The summed E-state index contributed by atoms with van der Waals surface area (Å²) in [5, 5.41) is 0. The first kappa shape index (κ1) is 17.6. The van der Waals surface area contributed by atoms with Gasteiger partial charge in [-0.1, -0.05) is 12.1 Å². The van der Waals surface area contributed by atoms with Crippen molar-refractivity contribution >= 4 is 17.8 Å². The molecular weight excluding hydrogens is 332 g/mol. The van der Waals surface area contributed by atoms with Crippen molar-refractivity contribution < 1.29 is 23.7 Å². The van der Waals surface area contributed by atoms with Gasteiger partial charge in [-0.15, -0.1) is 0 Å². The minimum Gasteiger partial charge on any atom is -0.496 e. The summed E-state index contributed by atoms with van der Waals surface area (Å²) in [5.41, 5.74) is 3.11. The van der Waals surface area contributed by atoms with Crippen LogP contribution in [-0.2, 0) is 9.53 Å². The van der Waals surface area contributed by atoms with Crippen molar-refractivity contribution in [1.82, 2.24) is 0 Å². The van der Waals surface area contributed by atoms with E-state index < -0.39 is 5.97 Å². The van der Waals surface area contributed by atoms with Crippen molar-refractivity contribution in [1.29, 1.82) is 0 Å². The maximum Gasteiger partial charge on any atom is 0.343 e. The van der Waals surface area contributed by atoms with Crippen LogP contribution in [0, 0.1) is 6.92 Å². The Bertz CT molecular complexity index is 909. The van der Waals surface area contributed by atoms with Gasteiger partial charge in [0.25, 0.3) is 0 Å². The van der Waals surface area contributed by atoms with Crippen LogP contribution in [0.5, 0.6) is 17.2 Å². The number of benzene rings is 2. The minimum absolute atomic E-state index is 0.394. The van der Waals surface area contributed by atoms with Gasteiger partial charge in [0.05, 0.1) is 26.9 Å². The lowest BCUT2D eigenvalue weighted by molar-refractivity contribution is -0.130. The number of ether oxygens (including phenoxy) is 4. The van der Waals surface area contributed by atoms with Crippen molar-refractivity contribution in [2.45, 2.75) is 6.92 Å². The van der Waals surface area contributed by atoms with E-state index >= 15 is 0 Å². The Balaban J connectivity index is 1.94. The molecule has 0 bridgehead atoms. The van der Waals surface area contributed by atoms with E-state index in [1.165, 1.54) is 0 Å². The van der Waals surface area contributed by atoms with Crippen LogP contribution >= 0.6 is 0 Å². The molecule has 0 N–H and O–H groups in total. The van der Waals surface area contributed by atoms with Gasteiger partial charge in [-0.2, -0.15) is 0 Å². The first-order valence-corrected chi connectivity index (χ1v) is 8.08. The summed E-state index contributed by atoms with van der Waals surface area (Å²) in [6, 6.07) is 11.1. The van der Waals surface area contributed by atoms with Crippen molar-refractivity contribution in [2.24, 2.45) is 0 Å². The predicted octanol–water partition coefficient (Wildman–Crippen LogP) is 4.00. The number of carbonyl (C=O) groups excluding carboxylic acids is 1. The highest BCUT2D eigenvalue weighted by Crippen LogP contribution is 2.34. The highest BCUT2D eigenvalue weighted by atomic mass is 16.5. The molecule has 134 valence electrons. The number of cyclic esters (lactones) is 1. The van der Waals surface area contributed by atoms with Gasteiger partial charge in [0.15, 0.2) is 11.5 Å². The summed E-state index contributed by atoms with van der Waals surface area (Å²) in [5.74, 6) is 2.04. The molecule has 0 aliphatic carbocycles. The SMILES string of the molecule is COc1cc(C=C2C=C(c3ccc(OC)c(OC)c3)OC2=O)ccc1C. The Kier molecular flexibility index (Phi) is 4.98. The van der Waals surface area contributed by atoms with Crippen molar-refractivity contribution in [3.63, 3.8) is 0 Å². The number of hydrogen-bond donors (Lipinski definition) is 0. The molecule has 0 fully saturated rings. The highest BCUT2D eigenvalue weighted by Gasteiger charge is 2.23. The molecule has 0 saturated heterocycles. The van der Waals surface area contributed by atoms with Crippen LogP contribution in [0.2, 0.25) is 0 Å². The molecule has 0 unspecified atom stereocenters. The summed E-state index contributed by atoms with van der Waals surface area (Å²) in [6.07, 6.45) is 3.49. The fourth-order valence-corrected chi connectivity index (χ4v) is 2.73. The fraction of sp³-hybridized carbons (Fsp3) is 0.190. The van der Waals surface area contributed by atoms with E-state index in [1.54, 1.807) is 45.6 Å². The second-order valence-corrected chi connectivity index (χ2v) is 5.80. The van der Waals surface area contributed by atoms with E-state index in [9.17, 15) is 4.79 Å². The van der Waals surface area contributed by atoms with Gasteiger partial charge in [0.1, 0.15) is 11.5 Å². The fourth-order valence-electron chi connectivity index (χ4n) is 2.73. The van der Waals surface area contributed by atoms with Crippen LogP contribution < -0.4 is 14.2 Å². The maximum absolute atomic E-state index is 12.2. The zero-order valence-electron chi connectivity index (χ0n) is 15.2. The van der Waals surface area contributed by atoms with Gasteiger partial charge >= 0.3 is 5.97 Å². The average molecular weight is 352 g/mol. The lowest BCUT2D eigenvalue weighted by atomic mass is 10.1. The molecule has 2 aromatic rings. The van der Waals surface area contributed by atoms with Crippen molar-refractivity contribution in [3.8, 4) is 17.2 Å². The van der Waals surface area contributed by atoms with E-state index in [4.69, 9.17) is 18.9 Å². The number of carbonyl (C=O) groups is 1. The normalized spacial score (nSPS) is 14.8. The molecule has 26 heavy (non-hydrogen) atoms. The van der Waals surface area contributed by atoms with Gasteiger partial charge in [-0.25, -0.2) is 4.79 Å². The summed E-state index contributed by atoms with van der Waals surface area (Å²) in [7, 11) is 4.76. The van der Waals surface area contributed by atoms with Gasteiger partial charge < -0.3 is 18.9 Å². The monoisotopic (exact) mass is 352 g/mol. The zero-order chi connectivity index (χ0) is 18.7. The van der Waals surface area contributed by atoms with Crippen LogP contribution in [0.1, 0.15) is 16.7 Å². The average Bonchev–Trinajstić information content (AvgIpc) is 3.03. The van der Waals surface area contributed by atoms with Crippen LogP contribution in [0.3, 0.4) is 0 Å². The number of esters is 1. The quantitative estimate of drug-likeness (QED) is 0.601. The molecular formula is C21H20O5. The lowest BCUT2D eigenvalue weighted by Gasteiger charge is -2.09. The standard InChI is InChI=1S/C21H20O5/c1-13-5-6-14(10-18(13)24-3)9-16-12-19(26-21(16)22)15-7-8-17(23-2)20(11-15)25-4/h5-12H,1-4H3. The first-order valence-electron chi connectivity index (χ1n) is 8.08. The van der Waals surface area contributed by atoms with Crippen LogP contribution in [0.15, 0.2) is 48.0 Å². The van der Waals surface area contributed by atoms with E-state index in [-0.39, 0.29) is 0 Å². The molecule has 5 nitrogen and oxygen atoms in total. The van der Waals surface area contributed by atoms with Crippen LogP contribution in [0.25, 0.3) is 11.8 Å². The number of aryl methyl sites for hydroxylation is 1. The van der Waals surface area contributed by atoms with Gasteiger partial charge in [-0.05, 0) is 54.5 Å². The Hall–Kier alpha value is -3.21.